The number of aromatic nitrogens is 6. The summed E-state index contributed by atoms with van der Waals surface area (Å²) in [4.78, 5) is 10.2. The van der Waals surface area contributed by atoms with Crippen LogP contribution in [-0.2, 0) is 0 Å². The molecule has 0 radical (unpaired) electrons. The molecule has 11 rings (SSSR count). The van der Waals surface area contributed by atoms with E-state index in [1.165, 1.54) is 0 Å². The lowest BCUT2D eigenvalue weighted by Crippen LogP contribution is -1.98. The summed E-state index contributed by atoms with van der Waals surface area (Å²) >= 11 is 0. The van der Waals surface area contributed by atoms with Gasteiger partial charge in [-0.05, 0) is 66.7 Å². The average Bonchev–Trinajstić information content (AvgIpc) is 3.98. The summed E-state index contributed by atoms with van der Waals surface area (Å²) in [6.07, 6.45) is 0. The Morgan fingerprint density at radius 1 is 0.364 bits per heavy atom. The molecule has 55 heavy (non-hydrogen) atoms. The molecule has 6 aromatic carbocycles. The summed E-state index contributed by atoms with van der Waals surface area (Å²) in [5.41, 5.74) is 9.88. The molecule has 0 N–H and O–H groups in total. The molecular formula is C48H30N6O. The lowest BCUT2D eigenvalue weighted by atomic mass is 10.1. The fourth-order valence-corrected chi connectivity index (χ4v) is 7.88. The Kier molecular flexibility index (Phi) is 7.03. The summed E-state index contributed by atoms with van der Waals surface area (Å²) in [6, 6.07) is 62.2. The van der Waals surface area contributed by atoms with Crippen molar-refractivity contribution in [2.24, 2.45) is 0 Å². The molecule has 0 saturated heterocycles. The number of fused-ring (bicyclic) bond motifs is 6. The first-order valence-electron chi connectivity index (χ1n) is 18.2. The molecule has 11 aromatic rings. The number of benzene rings is 6. The van der Waals surface area contributed by atoms with Crippen molar-refractivity contribution in [1.82, 2.24) is 29.3 Å². The predicted octanol–water partition coefficient (Wildman–Crippen LogP) is 11.7. The van der Waals surface area contributed by atoms with Gasteiger partial charge in [-0.3, -0.25) is 9.13 Å². The van der Waals surface area contributed by atoms with E-state index in [9.17, 15) is 0 Å². The monoisotopic (exact) mass is 706 g/mol. The Balaban J connectivity index is 1.02. The van der Waals surface area contributed by atoms with Crippen LogP contribution in [0.4, 0.5) is 0 Å². The molecule has 0 aliphatic heterocycles. The van der Waals surface area contributed by atoms with Gasteiger partial charge in [-0.25, -0.2) is 9.97 Å². The molecule has 7 nitrogen and oxygen atoms in total. The van der Waals surface area contributed by atoms with Crippen LogP contribution in [0.2, 0.25) is 0 Å². The van der Waals surface area contributed by atoms with E-state index in [2.05, 4.69) is 147 Å². The molecule has 7 heteroatoms. The van der Waals surface area contributed by atoms with Gasteiger partial charge in [0, 0.05) is 43.8 Å². The van der Waals surface area contributed by atoms with Crippen molar-refractivity contribution in [1.29, 1.82) is 0 Å². The van der Waals surface area contributed by atoms with Gasteiger partial charge >= 0.3 is 0 Å². The van der Waals surface area contributed by atoms with E-state index in [4.69, 9.17) is 14.4 Å². The van der Waals surface area contributed by atoms with Crippen molar-refractivity contribution >= 4 is 43.6 Å². The minimum absolute atomic E-state index is 0.455. The number of para-hydroxylation sites is 2. The van der Waals surface area contributed by atoms with Gasteiger partial charge in [-0.15, -0.1) is 10.2 Å². The zero-order chi connectivity index (χ0) is 36.3. The molecule has 0 unspecified atom stereocenters. The van der Waals surface area contributed by atoms with Gasteiger partial charge in [-0.2, -0.15) is 0 Å². The van der Waals surface area contributed by atoms with Crippen molar-refractivity contribution in [2.45, 2.75) is 0 Å². The Morgan fingerprint density at radius 2 is 0.891 bits per heavy atom. The second kappa shape index (κ2) is 12.5. The quantitative estimate of drug-likeness (QED) is 0.172. The largest absolute Gasteiger partial charge is 0.416 e. The fourth-order valence-electron chi connectivity index (χ4n) is 7.88. The number of pyridine rings is 2. The van der Waals surface area contributed by atoms with Gasteiger partial charge in [0.25, 0.3) is 0 Å². The van der Waals surface area contributed by atoms with Gasteiger partial charge in [0.05, 0.1) is 33.5 Å². The highest BCUT2D eigenvalue weighted by atomic mass is 16.4. The third-order valence-electron chi connectivity index (χ3n) is 10.3. The first-order chi connectivity index (χ1) is 27.3. The molecule has 0 spiro atoms. The average molecular weight is 707 g/mol. The number of rotatable bonds is 6. The molecule has 0 amide bonds. The summed E-state index contributed by atoms with van der Waals surface area (Å²) < 4.78 is 11.0. The van der Waals surface area contributed by atoms with Gasteiger partial charge in [0.15, 0.2) is 0 Å². The lowest BCUT2D eigenvalue weighted by molar-refractivity contribution is 0.585. The highest BCUT2D eigenvalue weighted by Crippen LogP contribution is 2.40. The van der Waals surface area contributed by atoms with Gasteiger partial charge in [0.2, 0.25) is 11.8 Å². The van der Waals surface area contributed by atoms with Crippen molar-refractivity contribution in [3.05, 3.63) is 182 Å². The van der Waals surface area contributed by atoms with Gasteiger partial charge in [0.1, 0.15) is 11.6 Å². The van der Waals surface area contributed by atoms with E-state index >= 15 is 0 Å². The molecule has 0 atom stereocenters. The van der Waals surface area contributed by atoms with Crippen molar-refractivity contribution in [2.75, 3.05) is 0 Å². The molecule has 5 heterocycles. The first-order valence-corrected chi connectivity index (χ1v) is 18.2. The number of hydrogen-bond acceptors (Lipinski definition) is 5. The van der Waals surface area contributed by atoms with Crippen LogP contribution in [0.1, 0.15) is 0 Å². The summed E-state index contributed by atoms with van der Waals surface area (Å²) in [5, 5.41) is 13.5. The molecule has 0 saturated carbocycles. The number of nitrogens with zero attached hydrogens (tertiary/aromatic N) is 6. The maximum atomic E-state index is 6.56. The second-order valence-corrected chi connectivity index (χ2v) is 13.5. The van der Waals surface area contributed by atoms with Crippen LogP contribution in [0.25, 0.3) is 101 Å². The normalized spacial score (nSPS) is 11.6. The van der Waals surface area contributed by atoms with Crippen LogP contribution >= 0.6 is 0 Å². The molecular weight excluding hydrogens is 677 g/mol. The molecule has 0 aliphatic rings. The maximum Gasteiger partial charge on any atom is 0.248 e. The summed E-state index contributed by atoms with van der Waals surface area (Å²) in [6.45, 7) is 0. The van der Waals surface area contributed by atoms with E-state index in [0.29, 0.717) is 11.8 Å². The molecule has 258 valence electrons. The van der Waals surface area contributed by atoms with Crippen LogP contribution in [0.5, 0.6) is 0 Å². The van der Waals surface area contributed by atoms with Crippen molar-refractivity contribution < 1.29 is 4.42 Å². The third-order valence-corrected chi connectivity index (χ3v) is 10.3. The van der Waals surface area contributed by atoms with Crippen LogP contribution < -0.4 is 0 Å². The zero-order valence-corrected chi connectivity index (χ0v) is 29.4. The third kappa shape index (κ3) is 5.05. The molecule has 0 fully saturated rings. The van der Waals surface area contributed by atoms with Gasteiger partial charge < -0.3 is 4.42 Å². The molecule has 0 aliphatic carbocycles. The minimum atomic E-state index is 0.455. The van der Waals surface area contributed by atoms with Crippen LogP contribution in [0, 0.1) is 0 Å². The predicted molar refractivity (Wildman–Crippen MR) is 220 cm³/mol. The maximum absolute atomic E-state index is 6.56. The lowest BCUT2D eigenvalue weighted by Gasteiger charge is -2.09. The summed E-state index contributed by atoms with van der Waals surface area (Å²) in [5.74, 6) is 2.61. The van der Waals surface area contributed by atoms with Crippen molar-refractivity contribution in [3.63, 3.8) is 0 Å². The Hall–Kier alpha value is -7.64. The van der Waals surface area contributed by atoms with Gasteiger partial charge in [-0.1, -0.05) is 115 Å². The minimum Gasteiger partial charge on any atom is -0.416 e. The standard InChI is InChI=1S/C48H30N6O/c1-3-14-31(15-4-1)38-21-12-26-44(49-38)53-40-23-9-7-18-34(40)37-30-33(28-29-42(37)53)47-51-52-48(55-47)36-20-11-25-43-46(36)35-19-8-10-24-41(35)54(43)45-27-13-22-39(50-45)32-16-5-2-6-17-32/h1-30H. The van der Waals surface area contributed by atoms with Crippen LogP contribution in [0.3, 0.4) is 0 Å². The Morgan fingerprint density at radius 3 is 1.58 bits per heavy atom. The first kappa shape index (κ1) is 30.9. The SMILES string of the molecule is c1ccc(-c2cccc(-n3c4ccccc4c4cc(-c5nnc(-c6cccc7c6c6ccccc6n7-c6cccc(-c7ccccc7)n6)o5)ccc43)n2)cc1. The molecule has 5 aromatic heterocycles. The Bertz CT molecular complexity index is 3210. The fraction of sp³-hybridized carbons (Fsp3) is 0. The second-order valence-electron chi connectivity index (χ2n) is 13.5. The van der Waals surface area contributed by atoms with E-state index in [1.54, 1.807) is 0 Å². The molecule has 0 bridgehead atoms. The van der Waals surface area contributed by atoms with Crippen LogP contribution in [-0.4, -0.2) is 29.3 Å². The zero-order valence-electron chi connectivity index (χ0n) is 29.4. The smallest absolute Gasteiger partial charge is 0.248 e. The highest BCUT2D eigenvalue weighted by Gasteiger charge is 2.21. The van der Waals surface area contributed by atoms with Crippen LogP contribution in [0.15, 0.2) is 186 Å². The van der Waals surface area contributed by atoms with E-state index in [-0.39, 0.29) is 0 Å². The van der Waals surface area contributed by atoms with E-state index in [1.807, 2.05) is 54.6 Å². The summed E-state index contributed by atoms with van der Waals surface area (Å²) in [7, 11) is 0. The topological polar surface area (TPSA) is 74.6 Å². The number of hydrogen-bond donors (Lipinski definition) is 0. The van der Waals surface area contributed by atoms with E-state index in [0.717, 1.165) is 88.9 Å². The Labute approximate surface area is 315 Å². The van der Waals surface area contributed by atoms with E-state index < -0.39 is 0 Å². The van der Waals surface area contributed by atoms with Crippen molar-refractivity contribution in [3.8, 4) is 57.1 Å². The highest BCUT2D eigenvalue weighted by molar-refractivity contribution is 6.15.